The molecule has 1 N–H and O–H groups in total. The summed E-state index contributed by atoms with van der Waals surface area (Å²) >= 11 is 0. The minimum Gasteiger partial charge on any atom is -0.319 e. The van der Waals surface area contributed by atoms with Gasteiger partial charge in [-0.1, -0.05) is 11.6 Å². The van der Waals surface area contributed by atoms with Crippen LogP contribution in [0.15, 0.2) is 61.1 Å². The molecule has 0 radical (unpaired) electrons. The molecule has 0 spiro atoms. The summed E-state index contributed by atoms with van der Waals surface area (Å²) in [5.41, 5.74) is 3.86. The molecule has 0 fully saturated rings. The van der Waals surface area contributed by atoms with Crippen LogP contribution < -0.4 is 5.32 Å². The molecule has 1 amide bonds. The number of carbonyl (C=O) groups excluding carboxylic acids is 1. The number of aromatic nitrogens is 4. The summed E-state index contributed by atoms with van der Waals surface area (Å²) in [5, 5.41) is 7.99. The van der Waals surface area contributed by atoms with E-state index >= 15 is 0 Å². The average molecular weight is 343 g/mol. The molecule has 0 saturated carbocycles. The summed E-state index contributed by atoms with van der Waals surface area (Å²) in [6.07, 6.45) is 5.12. The van der Waals surface area contributed by atoms with E-state index in [2.05, 4.69) is 20.4 Å². The molecule has 0 aliphatic carbocycles. The molecule has 0 aliphatic rings. The van der Waals surface area contributed by atoms with Crippen LogP contribution in [0.25, 0.3) is 16.7 Å². The van der Waals surface area contributed by atoms with Gasteiger partial charge in [0.25, 0.3) is 5.91 Å². The average Bonchev–Trinajstić information content (AvgIpc) is 3.16. The molecule has 128 valence electrons. The maximum absolute atomic E-state index is 13.0. The van der Waals surface area contributed by atoms with Gasteiger partial charge in [0.05, 0.1) is 16.8 Å². The van der Waals surface area contributed by atoms with Crippen LogP contribution in [-0.4, -0.2) is 25.7 Å². The van der Waals surface area contributed by atoms with Crippen molar-refractivity contribution in [3.63, 3.8) is 0 Å². The highest BCUT2D eigenvalue weighted by Gasteiger charge is 2.15. The molecule has 6 nitrogen and oxygen atoms in total. The fourth-order valence-electron chi connectivity index (χ4n) is 2.92. The highest BCUT2D eigenvalue weighted by molar-refractivity contribution is 6.13. The molecule has 0 atom stereocenters. The number of nitrogens with one attached hydrogen (secondary N) is 1. The van der Waals surface area contributed by atoms with Gasteiger partial charge in [-0.05, 0) is 50.2 Å². The summed E-state index contributed by atoms with van der Waals surface area (Å²) in [6.45, 7) is 3.88. The van der Waals surface area contributed by atoms with Crippen molar-refractivity contribution in [1.29, 1.82) is 0 Å². The highest BCUT2D eigenvalue weighted by Crippen LogP contribution is 2.23. The summed E-state index contributed by atoms with van der Waals surface area (Å²) < 4.78 is 1.62. The zero-order chi connectivity index (χ0) is 18.1. The van der Waals surface area contributed by atoms with Crippen LogP contribution in [0.4, 0.5) is 5.69 Å². The summed E-state index contributed by atoms with van der Waals surface area (Å²) in [6, 6.07) is 13.1. The van der Waals surface area contributed by atoms with Gasteiger partial charge in [0.15, 0.2) is 5.82 Å². The van der Waals surface area contributed by atoms with E-state index in [0.717, 1.165) is 22.2 Å². The van der Waals surface area contributed by atoms with Gasteiger partial charge in [-0.3, -0.25) is 9.78 Å². The first-order valence-electron chi connectivity index (χ1n) is 8.26. The van der Waals surface area contributed by atoms with E-state index in [9.17, 15) is 4.79 Å². The Morgan fingerprint density at radius 1 is 1.08 bits per heavy atom. The van der Waals surface area contributed by atoms with Crippen molar-refractivity contribution in [3.8, 4) is 5.82 Å². The number of benzene rings is 1. The monoisotopic (exact) mass is 343 g/mol. The molecule has 3 aromatic heterocycles. The van der Waals surface area contributed by atoms with Gasteiger partial charge in [-0.2, -0.15) is 5.10 Å². The number of anilines is 1. The zero-order valence-electron chi connectivity index (χ0n) is 14.5. The molecular weight excluding hydrogens is 326 g/mol. The lowest BCUT2D eigenvalue weighted by Crippen LogP contribution is -2.15. The zero-order valence-corrected chi connectivity index (χ0v) is 14.5. The lowest BCUT2D eigenvalue weighted by molar-refractivity contribution is 0.102. The lowest BCUT2D eigenvalue weighted by Gasteiger charge is -2.12. The summed E-state index contributed by atoms with van der Waals surface area (Å²) in [5.74, 6) is 0.365. The van der Waals surface area contributed by atoms with Crippen LogP contribution in [0.1, 0.15) is 21.6 Å². The molecule has 3 heterocycles. The Morgan fingerprint density at radius 2 is 1.96 bits per heavy atom. The van der Waals surface area contributed by atoms with Gasteiger partial charge < -0.3 is 5.32 Å². The molecular formula is C20H17N5O. The molecule has 0 unspecified atom stereocenters. The number of aryl methyl sites for hydroxylation is 2. The third kappa shape index (κ3) is 2.93. The van der Waals surface area contributed by atoms with Gasteiger partial charge in [0.1, 0.15) is 0 Å². The largest absolute Gasteiger partial charge is 0.319 e. The van der Waals surface area contributed by atoms with Crippen molar-refractivity contribution >= 4 is 22.5 Å². The van der Waals surface area contributed by atoms with Crippen molar-refractivity contribution < 1.29 is 4.79 Å². The summed E-state index contributed by atoms with van der Waals surface area (Å²) in [4.78, 5) is 21.9. The Balaban J connectivity index is 1.77. The topological polar surface area (TPSA) is 72.7 Å². The van der Waals surface area contributed by atoms with E-state index < -0.39 is 0 Å². The van der Waals surface area contributed by atoms with E-state index in [-0.39, 0.29) is 5.91 Å². The van der Waals surface area contributed by atoms with Crippen LogP contribution in [0.5, 0.6) is 0 Å². The number of hydrogen-bond acceptors (Lipinski definition) is 4. The second-order valence-corrected chi connectivity index (χ2v) is 6.11. The fraction of sp³-hybridized carbons (Fsp3) is 0.100. The highest BCUT2D eigenvalue weighted by atomic mass is 16.1. The van der Waals surface area contributed by atoms with Crippen molar-refractivity contribution in [2.45, 2.75) is 13.8 Å². The minimum atomic E-state index is -0.201. The van der Waals surface area contributed by atoms with Crippen molar-refractivity contribution in [2.75, 3.05) is 5.32 Å². The van der Waals surface area contributed by atoms with E-state index in [0.29, 0.717) is 17.1 Å². The predicted molar refractivity (Wildman–Crippen MR) is 101 cm³/mol. The van der Waals surface area contributed by atoms with Gasteiger partial charge in [-0.25, -0.2) is 9.67 Å². The second kappa shape index (κ2) is 6.40. The molecule has 4 rings (SSSR count). The second-order valence-electron chi connectivity index (χ2n) is 6.11. The maximum atomic E-state index is 13.0. The fourth-order valence-corrected chi connectivity index (χ4v) is 2.92. The maximum Gasteiger partial charge on any atom is 0.256 e. The Hall–Kier alpha value is -3.54. The minimum absolute atomic E-state index is 0.201. The Kier molecular flexibility index (Phi) is 3.93. The number of amides is 1. The number of fused-ring (bicyclic) bond motifs is 1. The van der Waals surface area contributed by atoms with Gasteiger partial charge >= 0.3 is 0 Å². The van der Waals surface area contributed by atoms with Gasteiger partial charge in [0.2, 0.25) is 0 Å². The molecule has 4 aromatic rings. The quantitative estimate of drug-likeness (QED) is 0.616. The van der Waals surface area contributed by atoms with Crippen molar-refractivity contribution in [2.24, 2.45) is 0 Å². The number of pyridine rings is 2. The smallest absolute Gasteiger partial charge is 0.256 e. The Morgan fingerprint density at radius 3 is 2.77 bits per heavy atom. The summed E-state index contributed by atoms with van der Waals surface area (Å²) in [7, 11) is 0. The molecule has 0 saturated heterocycles. The molecule has 0 bridgehead atoms. The SMILES string of the molecule is Cc1ccc2nc(C)cc(C(=O)Nc3cccnc3-n3cccn3)c2c1. The van der Waals surface area contributed by atoms with Crippen LogP contribution >= 0.6 is 0 Å². The van der Waals surface area contributed by atoms with Crippen LogP contribution in [-0.2, 0) is 0 Å². The van der Waals surface area contributed by atoms with Crippen LogP contribution in [0.3, 0.4) is 0 Å². The third-order valence-corrected chi connectivity index (χ3v) is 4.09. The van der Waals surface area contributed by atoms with Gasteiger partial charge in [0, 0.05) is 29.7 Å². The van der Waals surface area contributed by atoms with E-state index in [4.69, 9.17) is 0 Å². The normalized spacial score (nSPS) is 10.8. The van der Waals surface area contributed by atoms with Crippen LogP contribution in [0, 0.1) is 13.8 Å². The number of hydrogen-bond donors (Lipinski definition) is 1. The number of nitrogens with zero attached hydrogens (tertiary/aromatic N) is 4. The van der Waals surface area contributed by atoms with Gasteiger partial charge in [-0.15, -0.1) is 0 Å². The molecule has 1 aromatic carbocycles. The van der Waals surface area contributed by atoms with Crippen LogP contribution in [0.2, 0.25) is 0 Å². The van der Waals surface area contributed by atoms with E-state index in [1.165, 1.54) is 0 Å². The number of carbonyl (C=O) groups is 1. The van der Waals surface area contributed by atoms with E-state index in [1.807, 2.05) is 44.2 Å². The standard InChI is InChI=1S/C20H17N5O/c1-13-6-7-17-15(11-13)16(12-14(2)23-17)20(26)24-18-5-3-8-21-19(18)25-10-4-9-22-25/h3-12H,1-2H3,(H,24,26). The lowest BCUT2D eigenvalue weighted by atomic mass is 10.0. The molecule has 26 heavy (non-hydrogen) atoms. The van der Waals surface area contributed by atoms with E-state index in [1.54, 1.807) is 35.4 Å². The first kappa shape index (κ1) is 16.0. The van der Waals surface area contributed by atoms with Crippen molar-refractivity contribution in [3.05, 3.63) is 77.9 Å². The van der Waals surface area contributed by atoms with Crippen molar-refractivity contribution in [1.82, 2.24) is 19.7 Å². The Bertz CT molecular complexity index is 1100. The predicted octanol–water partition coefficient (Wildman–Crippen LogP) is 3.68. The molecule has 0 aliphatic heterocycles. The Labute approximate surface area is 150 Å². The molecule has 6 heteroatoms. The first-order chi connectivity index (χ1) is 12.6. The number of rotatable bonds is 3. The third-order valence-electron chi connectivity index (χ3n) is 4.09. The first-order valence-corrected chi connectivity index (χ1v) is 8.26.